The van der Waals surface area contributed by atoms with E-state index >= 15 is 0 Å². The third-order valence-corrected chi connectivity index (χ3v) is 2.48. The molecule has 0 unspecified atom stereocenters. The van der Waals surface area contributed by atoms with Gasteiger partial charge in [0, 0.05) is 11.6 Å². The molecule has 0 aliphatic heterocycles. The Balaban J connectivity index is 2.84. The minimum absolute atomic E-state index is 1.08. The van der Waals surface area contributed by atoms with Crippen molar-refractivity contribution in [3.8, 4) is 0 Å². The van der Waals surface area contributed by atoms with Crippen molar-refractivity contribution in [3.63, 3.8) is 0 Å². The van der Waals surface area contributed by atoms with Gasteiger partial charge in [-0.1, -0.05) is 19.1 Å². The molecular formula is C12H13N. The fourth-order valence-corrected chi connectivity index (χ4v) is 1.79. The highest BCUT2D eigenvalue weighted by Crippen LogP contribution is 2.20. The molecule has 0 fully saturated rings. The van der Waals surface area contributed by atoms with Crippen LogP contribution in [0.15, 0.2) is 30.5 Å². The summed E-state index contributed by atoms with van der Waals surface area (Å²) in [5.74, 6) is 0. The van der Waals surface area contributed by atoms with Gasteiger partial charge in [0.25, 0.3) is 0 Å². The molecule has 0 saturated carbocycles. The molecule has 0 atom stereocenters. The molecule has 0 saturated heterocycles. The number of nitrogens with zero attached hydrogens (tertiary/aromatic N) is 1. The van der Waals surface area contributed by atoms with Crippen molar-refractivity contribution in [2.24, 2.45) is 0 Å². The van der Waals surface area contributed by atoms with Crippen LogP contribution in [0.5, 0.6) is 0 Å². The van der Waals surface area contributed by atoms with Gasteiger partial charge in [-0.25, -0.2) is 0 Å². The van der Waals surface area contributed by atoms with Gasteiger partial charge in [0.15, 0.2) is 0 Å². The van der Waals surface area contributed by atoms with Crippen LogP contribution in [0.3, 0.4) is 0 Å². The number of hydrogen-bond acceptors (Lipinski definition) is 1. The second-order valence-electron chi connectivity index (χ2n) is 3.28. The van der Waals surface area contributed by atoms with Crippen molar-refractivity contribution in [1.82, 2.24) is 4.98 Å². The Morgan fingerprint density at radius 3 is 2.85 bits per heavy atom. The summed E-state index contributed by atoms with van der Waals surface area (Å²) in [5.41, 5.74) is 3.89. The van der Waals surface area contributed by atoms with Crippen molar-refractivity contribution < 1.29 is 0 Å². The Kier molecular flexibility index (Phi) is 2.01. The number of benzene rings is 1. The molecule has 2 rings (SSSR count). The van der Waals surface area contributed by atoms with Gasteiger partial charge in [-0.15, -0.1) is 0 Å². The second-order valence-corrected chi connectivity index (χ2v) is 3.28. The van der Waals surface area contributed by atoms with E-state index in [1.54, 1.807) is 0 Å². The molecule has 0 N–H and O–H groups in total. The van der Waals surface area contributed by atoms with Crippen molar-refractivity contribution in [1.29, 1.82) is 0 Å². The lowest BCUT2D eigenvalue weighted by Crippen LogP contribution is -1.89. The smallest absolute Gasteiger partial charge is 0.0704 e. The maximum atomic E-state index is 4.33. The highest BCUT2D eigenvalue weighted by Gasteiger charge is 2.01. The van der Waals surface area contributed by atoms with Gasteiger partial charge >= 0.3 is 0 Å². The van der Waals surface area contributed by atoms with Gasteiger partial charge in [-0.2, -0.15) is 0 Å². The molecule has 2 aromatic rings. The highest BCUT2D eigenvalue weighted by molar-refractivity contribution is 5.83. The Bertz CT molecular complexity index is 432. The quantitative estimate of drug-likeness (QED) is 0.642. The lowest BCUT2D eigenvalue weighted by molar-refractivity contribution is 1.13. The van der Waals surface area contributed by atoms with E-state index in [2.05, 4.69) is 37.0 Å². The number of pyridine rings is 1. The summed E-state index contributed by atoms with van der Waals surface area (Å²) in [5, 5.41) is 1.30. The SMILES string of the molecule is CCc1c(C)ccc2ncccc12. The zero-order valence-corrected chi connectivity index (χ0v) is 8.04. The van der Waals surface area contributed by atoms with E-state index in [9.17, 15) is 0 Å². The van der Waals surface area contributed by atoms with Crippen LogP contribution in [0.1, 0.15) is 18.1 Å². The molecular weight excluding hydrogens is 158 g/mol. The van der Waals surface area contributed by atoms with Gasteiger partial charge in [-0.05, 0) is 36.6 Å². The monoisotopic (exact) mass is 171 g/mol. The molecule has 0 amide bonds. The third kappa shape index (κ3) is 1.31. The molecule has 66 valence electrons. The van der Waals surface area contributed by atoms with Crippen molar-refractivity contribution in [2.45, 2.75) is 20.3 Å². The van der Waals surface area contributed by atoms with Crippen LogP contribution in [0.4, 0.5) is 0 Å². The highest BCUT2D eigenvalue weighted by atomic mass is 14.6. The number of fused-ring (bicyclic) bond motifs is 1. The molecule has 1 nitrogen and oxygen atoms in total. The molecule has 1 aromatic heterocycles. The van der Waals surface area contributed by atoms with E-state index < -0.39 is 0 Å². The van der Waals surface area contributed by atoms with Gasteiger partial charge in [0.2, 0.25) is 0 Å². The lowest BCUT2D eigenvalue weighted by atomic mass is 10.0. The van der Waals surface area contributed by atoms with Gasteiger partial charge in [0.05, 0.1) is 5.52 Å². The number of hydrogen-bond donors (Lipinski definition) is 0. The largest absolute Gasteiger partial charge is 0.256 e. The van der Waals surface area contributed by atoms with Crippen LogP contribution in [-0.4, -0.2) is 4.98 Å². The fourth-order valence-electron chi connectivity index (χ4n) is 1.79. The van der Waals surface area contributed by atoms with E-state index in [4.69, 9.17) is 0 Å². The van der Waals surface area contributed by atoms with Crippen LogP contribution in [0.25, 0.3) is 10.9 Å². The molecule has 0 aliphatic rings. The molecule has 13 heavy (non-hydrogen) atoms. The molecule has 0 aliphatic carbocycles. The first-order valence-electron chi connectivity index (χ1n) is 4.66. The minimum Gasteiger partial charge on any atom is -0.256 e. The van der Waals surface area contributed by atoms with Crippen LogP contribution < -0.4 is 0 Å². The van der Waals surface area contributed by atoms with Crippen molar-refractivity contribution in [2.75, 3.05) is 0 Å². The average molecular weight is 171 g/mol. The van der Waals surface area contributed by atoms with Crippen LogP contribution in [-0.2, 0) is 6.42 Å². The number of aromatic nitrogens is 1. The predicted octanol–water partition coefficient (Wildman–Crippen LogP) is 3.11. The molecule has 1 heterocycles. The Morgan fingerprint density at radius 1 is 1.23 bits per heavy atom. The standard InChI is InChI=1S/C12H13N/c1-3-10-9(2)6-7-12-11(10)5-4-8-13-12/h4-8H,3H2,1-2H3. The Morgan fingerprint density at radius 2 is 2.08 bits per heavy atom. The second kappa shape index (κ2) is 3.17. The van der Waals surface area contributed by atoms with E-state index in [1.165, 1.54) is 16.5 Å². The first-order chi connectivity index (χ1) is 6.33. The first-order valence-corrected chi connectivity index (χ1v) is 4.66. The summed E-state index contributed by atoms with van der Waals surface area (Å²) in [6, 6.07) is 8.38. The first kappa shape index (κ1) is 8.24. The van der Waals surface area contributed by atoms with Crippen LogP contribution >= 0.6 is 0 Å². The molecule has 0 bridgehead atoms. The van der Waals surface area contributed by atoms with Gasteiger partial charge in [0.1, 0.15) is 0 Å². The molecule has 0 radical (unpaired) electrons. The number of rotatable bonds is 1. The summed E-state index contributed by atoms with van der Waals surface area (Å²) in [7, 11) is 0. The summed E-state index contributed by atoms with van der Waals surface area (Å²) >= 11 is 0. The minimum atomic E-state index is 1.08. The summed E-state index contributed by atoms with van der Waals surface area (Å²) in [4.78, 5) is 4.33. The van der Waals surface area contributed by atoms with Crippen LogP contribution in [0.2, 0.25) is 0 Å². The molecule has 1 heteroatoms. The normalized spacial score (nSPS) is 10.6. The Hall–Kier alpha value is -1.37. The van der Waals surface area contributed by atoms with E-state index in [-0.39, 0.29) is 0 Å². The van der Waals surface area contributed by atoms with Crippen molar-refractivity contribution in [3.05, 3.63) is 41.6 Å². The third-order valence-electron chi connectivity index (χ3n) is 2.48. The maximum Gasteiger partial charge on any atom is 0.0704 e. The van der Waals surface area contributed by atoms with Crippen LogP contribution in [0, 0.1) is 6.92 Å². The lowest BCUT2D eigenvalue weighted by Gasteiger charge is -2.06. The zero-order valence-electron chi connectivity index (χ0n) is 8.04. The van der Waals surface area contributed by atoms with E-state index in [0.29, 0.717) is 0 Å². The number of aryl methyl sites for hydroxylation is 2. The van der Waals surface area contributed by atoms with E-state index in [1.807, 2.05) is 12.3 Å². The molecule has 1 aromatic carbocycles. The summed E-state index contributed by atoms with van der Waals surface area (Å²) in [6.07, 6.45) is 2.92. The fraction of sp³-hybridized carbons (Fsp3) is 0.250. The predicted molar refractivity (Wildman–Crippen MR) is 55.9 cm³/mol. The topological polar surface area (TPSA) is 12.9 Å². The van der Waals surface area contributed by atoms with Gasteiger partial charge < -0.3 is 0 Å². The Labute approximate surface area is 78.4 Å². The zero-order chi connectivity index (χ0) is 9.26. The average Bonchev–Trinajstić information content (AvgIpc) is 2.18. The van der Waals surface area contributed by atoms with Gasteiger partial charge in [-0.3, -0.25) is 4.98 Å². The molecule has 0 spiro atoms. The summed E-state index contributed by atoms with van der Waals surface area (Å²) < 4.78 is 0. The van der Waals surface area contributed by atoms with Crippen molar-refractivity contribution >= 4 is 10.9 Å². The maximum absolute atomic E-state index is 4.33. The van der Waals surface area contributed by atoms with E-state index in [0.717, 1.165) is 11.9 Å². The summed E-state index contributed by atoms with van der Waals surface area (Å²) in [6.45, 7) is 4.35.